The number of ether oxygens (including phenoxy) is 3. The molecule has 0 bridgehead atoms. The average Bonchev–Trinajstić information content (AvgIpc) is 2.73. The molecule has 1 aliphatic rings. The van der Waals surface area contributed by atoms with Gasteiger partial charge in [-0.1, -0.05) is 42.5 Å². The number of aryl methyl sites for hydroxylation is 1. The summed E-state index contributed by atoms with van der Waals surface area (Å²) >= 11 is 0. The van der Waals surface area contributed by atoms with E-state index in [1.54, 1.807) is 12.1 Å². The molecular weight excluding hydrogens is 399 g/mol. The molecule has 0 amide bonds. The van der Waals surface area contributed by atoms with Gasteiger partial charge in [-0.25, -0.2) is 9.18 Å². The summed E-state index contributed by atoms with van der Waals surface area (Å²) in [4.78, 5) is 10.8. The van der Waals surface area contributed by atoms with Crippen LogP contribution in [0, 0.1) is 12.7 Å². The first-order valence-corrected chi connectivity index (χ1v) is 9.98. The second-order valence-electron chi connectivity index (χ2n) is 7.62. The largest absolute Gasteiger partial charge is 0.489 e. The van der Waals surface area contributed by atoms with Crippen LogP contribution < -0.4 is 4.74 Å². The van der Waals surface area contributed by atoms with Crippen molar-refractivity contribution >= 4 is 5.97 Å². The van der Waals surface area contributed by atoms with E-state index in [4.69, 9.17) is 19.3 Å². The van der Waals surface area contributed by atoms with Crippen molar-refractivity contribution in [2.75, 3.05) is 19.8 Å². The Morgan fingerprint density at radius 3 is 2.58 bits per heavy atom. The summed E-state index contributed by atoms with van der Waals surface area (Å²) in [5.41, 5.74) is 3.63. The van der Waals surface area contributed by atoms with Crippen LogP contribution in [0.1, 0.15) is 16.7 Å². The van der Waals surface area contributed by atoms with Crippen molar-refractivity contribution in [2.24, 2.45) is 0 Å². The fourth-order valence-corrected chi connectivity index (χ4v) is 3.65. The number of hydrogen-bond donors (Lipinski definition) is 1. The molecule has 0 aromatic heterocycles. The van der Waals surface area contributed by atoms with E-state index >= 15 is 0 Å². The van der Waals surface area contributed by atoms with Crippen molar-refractivity contribution in [3.8, 4) is 16.9 Å². The smallest absolute Gasteiger partial charge is 0.329 e. The first-order valence-electron chi connectivity index (χ1n) is 9.98. The van der Waals surface area contributed by atoms with Gasteiger partial charge in [-0.2, -0.15) is 0 Å². The van der Waals surface area contributed by atoms with Gasteiger partial charge in [0.05, 0.1) is 13.2 Å². The van der Waals surface area contributed by atoms with Crippen molar-refractivity contribution < 1.29 is 28.5 Å². The molecule has 0 unspecified atom stereocenters. The van der Waals surface area contributed by atoms with Gasteiger partial charge >= 0.3 is 5.97 Å². The lowest BCUT2D eigenvalue weighted by atomic mass is 9.91. The summed E-state index contributed by atoms with van der Waals surface area (Å²) in [7, 11) is 0. The van der Waals surface area contributed by atoms with Gasteiger partial charge in [0.25, 0.3) is 0 Å². The van der Waals surface area contributed by atoms with Gasteiger partial charge in [0, 0.05) is 11.6 Å². The summed E-state index contributed by atoms with van der Waals surface area (Å²) in [6, 6.07) is 20.8. The zero-order valence-corrected chi connectivity index (χ0v) is 17.1. The molecule has 3 aromatic carbocycles. The number of rotatable bonds is 8. The highest BCUT2D eigenvalue weighted by atomic mass is 19.1. The minimum atomic E-state index is -1.11. The average molecular weight is 422 g/mol. The Hall–Kier alpha value is -3.22. The summed E-state index contributed by atoms with van der Waals surface area (Å²) in [5, 5.41) is 8.86. The van der Waals surface area contributed by atoms with Crippen LogP contribution in [0.3, 0.4) is 0 Å². The molecule has 31 heavy (non-hydrogen) atoms. The van der Waals surface area contributed by atoms with E-state index in [2.05, 4.69) is 31.2 Å². The van der Waals surface area contributed by atoms with Gasteiger partial charge in [0.2, 0.25) is 0 Å². The van der Waals surface area contributed by atoms with E-state index in [-0.39, 0.29) is 18.8 Å². The van der Waals surface area contributed by atoms with E-state index in [1.165, 1.54) is 11.6 Å². The van der Waals surface area contributed by atoms with Gasteiger partial charge in [0.1, 0.15) is 30.4 Å². The Morgan fingerprint density at radius 2 is 1.90 bits per heavy atom. The molecule has 160 valence electrons. The van der Waals surface area contributed by atoms with Crippen molar-refractivity contribution in [3.63, 3.8) is 0 Å². The van der Waals surface area contributed by atoms with Gasteiger partial charge in [-0.3, -0.25) is 0 Å². The summed E-state index contributed by atoms with van der Waals surface area (Å²) in [6.07, 6.45) is 0. The fraction of sp³-hybridized carbons (Fsp3) is 0.240. The lowest BCUT2D eigenvalue weighted by Gasteiger charge is -2.41. The predicted molar refractivity (Wildman–Crippen MR) is 113 cm³/mol. The highest BCUT2D eigenvalue weighted by Gasteiger charge is 2.44. The Kier molecular flexibility index (Phi) is 6.02. The molecule has 1 fully saturated rings. The van der Waals surface area contributed by atoms with Crippen LogP contribution in [0.15, 0.2) is 66.7 Å². The Balaban J connectivity index is 1.46. The number of carboxylic acids is 1. The maximum atomic E-state index is 14.8. The van der Waals surface area contributed by atoms with E-state index < -0.39 is 24.0 Å². The van der Waals surface area contributed by atoms with Crippen molar-refractivity contribution in [3.05, 3.63) is 89.2 Å². The predicted octanol–water partition coefficient (Wildman–Crippen LogP) is 4.71. The van der Waals surface area contributed by atoms with E-state index in [9.17, 15) is 9.18 Å². The Morgan fingerprint density at radius 1 is 1.10 bits per heavy atom. The van der Waals surface area contributed by atoms with Crippen LogP contribution >= 0.6 is 0 Å². The van der Waals surface area contributed by atoms with Gasteiger partial charge < -0.3 is 19.3 Å². The van der Waals surface area contributed by atoms with E-state index in [1.807, 2.05) is 24.3 Å². The Labute approximate surface area is 180 Å². The molecule has 5 nitrogen and oxygen atoms in total. The zero-order valence-electron chi connectivity index (χ0n) is 17.1. The molecule has 0 radical (unpaired) electrons. The topological polar surface area (TPSA) is 65.0 Å². The fourth-order valence-electron chi connectivity index (χ4n) is 3.65. The van der Waals surface area contributed by atoms with Crippen LogP contribution in [0.25, 0.3) is 11.1 Å². The summed E-state index contributed by atoms with van der Waals surface area (Å²) in [6.45, 7) is 2.08. The third-order valence-electron chi connectivity index (χ3n) is 5.36. The van der Waals surface area contributed by atoms with Crippen molar-refractivity contribution in [1.82, 2.24) is 0 Å². The quantitative estimate of drug-likeness (QED) is 0.570. The molecule has 0 saturated carbocycles. The van der Waals surface area contributed by atoms with E-state index in [0.29, 0.717) is 12.4 Å². The molecular formula is C25H23FO5. The number of carbonyl (C=O) groups is 1. The van der Waals surface area contributed by atoms with Crippen LogP contribution in [-0.2, 0) is 26.5 Å². The van der Waals surface area contributed by atoms with E-state index in [0.717, 1.165) is 16.7 Å². The molecule has 0 atom stereocenters. The zero-order chi connectivity index (χ0) is 21.8. The number of halogens is 1. The number of aliphatic carboxylic acids is 1. The Bertz CT molecular complexity index is 1090. The third kappa shape index (κ3) is 4.60. The molecule has 1 aliphatic heterocycles. The normalized spacial score (nSPS) is 14.6. The molecule has 1 heterocycles. The van der Waals surface area contributed by atoms with Crippen LogP contribution in [-0.4, -0.2) is 30.9 Å². The molecule has 3 aromatic rings. The monoisotopic (exact) mass is 422 g/mol. The maximum Gasteiger partial charge on any atom is 0.329 e. The van der Waals surface area contributed by atoms with Crippen molar-refractivity contribution in [1.29, 1.82) is 0 Å². The van der Waals surface area contributed by atoms with Crippen LogP contribution in [0.2, 0.25) is 0 Å². The summed E-state index contributed by atoms with van der Waals surface area (Å²) in [5.74, 6) is -1.24. The molecule has 1 N–H and O–H groups in total. The van der Waals surface area contributed by atoms with Gasteiger partial charge in [-0.05, 0) is 47.4 Å². The highest BCUT2D eigenvalue weighted by molar-refractivity contribution is 5.68. The maximum absolute atomic E-state index is 14.8. The molecule has 6 heteroatoms. The highest BCUT2D eigenvalue weighted by Crippen LogP contribution is 2.36. The summed E-state index contributed by atoms with van der Waals surface area (Å²) < 4.78 is 31.2. The van der Waals surface area contributed by atoms with Crippen LogP contribution in [0.5, 0.6) is 5.75 Å². The third-order valence-corrected chi connectivity index (χ3v) is 5.36. The second kappa shape index (κ2) is 8.88. The first kappa shape index (κ1) is 21.0. The molecule has 0 aliphatic carbocycles. The first-order chi connectivity index (χ1) is 15.0. The van der Waals surface area contributed by atoms with Crippen LogP contribution in [0.4, 0.5) is 4.39 Å². The minimum absolute atomic E-state index is 0.114. The molecule has 0 spiro atoms. The van der Waals surface area contributed by atoms with Gasteiger partial charge in [-0.15, -0.1) is 0 Å². The molecule has 4 rings (SSSR count). The SMILES string of the molecule is Cc1ccccc1-c1cccc(COc2ccc(C3(OCC(=O)O)COC3)c(F)c2)c1. The van der Waals surface area contributed by atoms with Gasteiger partial charge in [0.15, 0.2) is 0 Å². The second-order valence-corrected chi connectivity index (χ2v) is 7.62. The minimum Gasteiger partial charge on any atom is -0.489 e. The molecule has 1 saturated heterocycles. The number of carboxylic acid groups (broad SMARTS) is 1. The number of benzene rings is 3. The lowest BCUT2D eigenvalue weighted by Crippen LogP contribution is -2.50. The van der Waals surface area contributed by atoms with Crippen molar-refractivity contribution in [2.45, 2.75) is 19.1 Å². The standard InChI is InChI=1S/C25H23FO5/c1-17-5-2-3-8-21(17)19-7-4-6-18(11-19)13-30-20-9-10-22(23(26)12-20)25(15-29-16-25)31-14-24(27)28/h2-12H,13-16H2,1H3,(H,27,28). The number of hydrogen-bond acceptors (Lipinski definition) is 4. The lowest BCUT2D eigenvalue weighted by molar-refractivity contribution is -0.221.